The Morgan fingerprint density at radius 1 is 1.08 bits per heavy atom. The number of benzene rings is 1. The van der Waals surface area contributed by atoms with Crippen molar-refractivity contribution in [3.63, 3.8) is 0 Å². The van der Waals surface area contributed by atoms with Crippen molar-refractivity contribution in [2.24, 2.45) is 5.92 Å². The van der Waals surface area contributed by atoms with E-state index in [-0.39, 0.29) is 5.91 Å². The number of hydrogen-bond acceptors (Lipinski definition) is 3. The lowest BCUT2D eigenvalue weighted by molar-refractivity contribution is 0.0673. The zero-order chi connectivity index (χ0) is 16.9. The van der Waals surface area contributed by atoms with Gasteiger partial charge >= 0.3 is 0 Å². The Morgan fingerprint density at radius 3 is 2.29 bits per heavy atom. The summed E-state index contributed by atoms with van der Waals surface area (Å²) in [6.07, 6.45) is 5.03. The highest BCUT2D eigenvalue weighted by atomic mass is 16.2. The number of hydrogen-bond donors (Lipinski definition) is 0. The van der Waals surface area contributed by atoms with E-state index in [4.69, 9.17) is 0 Å². The fourth-order valence-electron chi connectivity index (χ4n) is 3.87. The lowest BCUT2D eigenvalue weighted by atomic mass is 9.95. The second kappa shape index (κ2) is 8.02. The quantitative estimate of drug-likeness (QED) is 0.830. The summed E-state index contributed by atoms with van der Waals surface area (Å²) in [4.78, 5) is 19.5. The molecule has 4 nitrogen and oxygen atoms in total. The topological polar surface area (TPSA) is 26.8 Å². The van der Waals surface area contributed by atoms with Crippen LogP contribution in [0.25, 0.3) is 0 Å². The molecule has 0 N–H and O–H groups in total. The number of rotatable bonds is 5. The van der Waals surface area contributed by atoms with Crippen molar-refractivity contribution >= 4 is 11.6 Å². The molecule has 3 rings (SSSR count). The highest BCUT2D eigenvalue weighted by Crippen LogP contribution is 2.22. The maximum atomic E-state index is 12.7. The fraction of sp³-hybridized carbons (Fsp3) is 0.650. The Bertz CT molecular complexity index is 528. The van der Waals surface area contributed by atoms with Crippen molar-refractivity contribution in [2.45, 2.75) is 32.6 Å². The highest BCUT2D eigenvalue weighted by molar-refractivity contribution is 5.94. The van der Waals surface area contributed by atoms with Crippen LogP contribution in [0.2, 0.25) is 0 Å². The Labute approximate surface area is 146 Å². The van der Waals surface area contributed by atoms with Crippen molar-refractivity contribution < 1.29 is 4.79 Å². The van der Waals surface area contributed by atoms with E-state index in [0.29, 0.717) is 0 Å². The summed E-state index contributed by atoms with van der Waals surface area (Å²) in [6, 6.07) is 8.05. The SMILES string of the molecule is CCN(C)c1ccc(C(=O)N2CCC(CN3CCCC3)CC2)cc1. The maximum absolute atomic E-state index is 12.7. The Kier molecular flexibility index (Phi) is 5.77. The molecule has 2 saturated heterocycles. The van der Waals surface area contributed by atoms with Gasteiger partial charge in [0.25, 0.3) is 5.91 Å². The molecule has 2 aliphatic rings. The summed E-state index contributed by atoms with van der Waals surface area (Å²) in [5.41, 5.74) is 1.99. The van der Waals surface area contributed by atoms with Crippen molar-refractivity contribution in [1.82, 2.24) is 9.80 Å². The summed E-state index contributed by atoms with van der Waals surface area (Å²) in [7, 11) is 2.07. The predicted octanol–water partition coefficient (Wildman–Crippen LogP) is 3.09. The van der Waals surface area contributed by atoms with E-state index in [1.807, 2.05) is 17.0 Å². The maximum Gasteiger partial charge on any atom is 0.253 e. The van der Waals surface area contributed by atoms with E-state index in [1.165, 1.54) is 38.2 Å². The molecule has 2 fully saturated rings. The first-order valence-corrected chi connectivity index (χ1v) is 9.50. The molecule has 0 bridgehead atoms. The van der Waals surface area contributed by atoms with E-state index in [9.17, 15) is 4.79 Å². The average molecular weight is 329 g/mol. The summed E-state index contributed by atoms with van der Waals surface area (Å²) in [5, 5.41) is 0. The third-order valence-corrected chi connectivity index (χ3v) is 5.65. The van der Waals surface area contributed by atoms with Crippen molar-refractivity contribution in [3.8, 4) is 0 Å². The van der Waals surface area contributed by atoms with Crippen LogP contribution < -0.4 is 4.90 Å². The number of anilines is 1. The standard InChI is InChI=1S/C20H31N3O/c1-3-21(2)19-8-6-18(7-9-19)20(24)23-14-10-17(11-15-23)16-22-12-4-5-13-22/h6-9,17H,3-5,10-16H2,1-2H3. The van der Waals surface area contributed by atoms with Gasteiger partial charge in [-0.3, -0.25) is 4.79 Å². The smallest absolute Gasteiger partial charge is 0.253 e. The third-order valence-electron chi connectivity index (χ3n) is 5.65. The first kappa shape index (κ1) is 17.3. The zero-order valence-electron chi connectivity index (χ0n) is 15.2. The number of carbonyl (C=O) groups is 1. The van der Waals surface area contributed by atoms with Gasteiger partial charge < -0.3 is 14.7 Å². The monoisotopic (exact) mass is 329 g/mol. The molecule has 0 aliphatic carbocycles. The van der Waals surface area contributed by atoms with Gasteiger partial charge in [-0.05, 0) is 75.9 Å². The van der Waals surface area contributed by atoms with E-state index in [0.717, 1.165) is 44.0 Å². The minimum atomic E-state index is 0.195. The number of carbonyl (C=O) groups excluding carboxylic acids is 1. The minimum absolute atomic E-state index is 0.195. The largest absolute Gasteiger partial charge is 0.375 e. The molecule has 0 unspecified atom stereocenters. The molecular weight excluding hydrogens is 298 g/mol. The molecule has 1 amide bonds. The van der Waals surface area contributed by atoms with Crippen molar-refractivity contribution in [1.29, 1.82) is 0 Å². The lowest BCUT2D eigenvalue weighted by Gasteiger charge is -2.34. The summed E-state index contributed by atoms with van der Waals surface area (Å²) >= 11 is 0. The number of piperidine rings is 1. The van der Waals surface area contributed by atoms with Gasteiger partial charge in [0, 0.05) is 44.5 Å². The Morgan fingerprint density at radius 2 is 1.71 bits per heavy atom. The van der Waals surface area contributed by atoms with Crippen LogP contribution in [0.3, 0.4) is 0 Å². The van der Waals surface area contributed by atoms with Gasteiger partial charge in [0.1, 0.15) is 0 Å². The molecule has 0 aromatic heterocycles. The third kappa shape index (κ3) is 4.10. The molecule has 1 aromatic carbocycles. The van der Waals surface area contributed by atoms with Gasteiger partial charge in [0.15, 0.2) is 0 Å². The van der Waals surface area contributed by atoms with Crippen LogP contribution in [0.5, 0.6) is 0 Å². The van der Waals surface area contributed by atoms with E-state index < -0.39 is 0 Å². The van der Waals surface area contributed by atoms with Crippen LogP contribution in [-0.2, 0) is 0 Å². The van der Waals surface area contributed by atoms with Gasteiger partial charge in [-0.2, -0.15) is 0 Å². The average Bonchev–Trinajstić information content (AvgIpc) is 3.14. The molecule has 0 saturated carbocycles. The van der Waals surface area contributed by atoms with Crippen LogP contribution >= 0.6 is 0 Å². The van der Waals surface area contributed by atoms with Gasteiger partial charge in [-0.1, -0.05) is 0 Å². The van der Waals surface area contributed by atoms with E-state index >= 15 is 0 Å². The van der Waals surface area contributed by atoms with Crippen LogP contribution in [0, 0.1) is 5.92 Å². The molecule has 132 valence electrons. The molecule has 2 aliphatic heterocycles. The summed E-state index contributed by atoms with van der Waals surface area (Å²) in [6.45, 7) is 8.71. The number of likely N-dealkylation sites (tertiary alicyclic amines) is 2. The van der Waals surface area contributed by atoms with E-state index in [2.05, 4.69) is 35.9 Å². The predicted molar refractivity (Wildman–Crippen MR) is 99.7 cm³/mol. The van der Waals surface area contributed by atoms with Crippen LogP contribution in [0.15, 0.2) is 24.3 Å². The van der Waals surface area contributed by atoms with Crippen LogP contribution in [0.1, 0.15) is 43.0 Å². The second-order valence-electron chi connectivity index (χ2n) is 7.30. The highest BCUT2D eigenvalue weighted by Gasteiger charge is 2.25. The first-order chi connectivity index (χ1) is 11.7. The number of amides is 1. The first-order valence-electron chi connectivity index (χ1n) is 9.50. The van der Waals surface area contributed by atoms with Gasteiger partial charge in [0.05, 0.1) is 0 Å². The van der Waals surface area contributed by atoms with Crippen LogP contribution in [0.4, 0.5) is 5.69 Å². The Balaban J connectivity index is 1.51. The molecule has 0 radical (unpaired) electrons. The molecule has 0 atom stereocenters. The van der Waals surface area contributed by atoms with Crippen molar-refractivity contribution in [3.05, 3.63) is 29.8 Å². The molecular formula is C20H31N3O. The molecule has 1 aromatic rings. The second-order valence-corrected chi connectivity index (χ2v) is 7.30. The van der Waals surface area contributed by atoms with Crippen molar-refractivity contribution in [2.75, 3.05) is 51.2 Å². The van der Waals surface area contributed by atoms with Gasteiger partial charge in [-0.25, -0.2) is 0 Å². The number of nitrogens with zero attached hydrogens (tertiary/aromatic N) is 3. The zero-order valence-corrected chi connectivity index (χ0v) is 15.2. The van der Waals surface area contributed by atoms with Crippen LogP contribution in [-0.4, -0.2) is 62.0 Å². The fourth-order valence-corrected chi connectivity index (χ4v) is 3.87. The molecule has 4 heteroatoms. The van der Waals surface area contributed by atoms with E-state index in [1.54, 1.807) is 0 Å². The molecule has 2 heterocycles. The van der Waals surface area contributed by atoms with Gasteiger partial charge in [-0.15, -0.1) is 0 Å². The summed E-state index contributed by atoms with van der Waals surface area (Å²) in [5.74, 6) is 0.966. The Hall–Kier alpha value is -1.55. The van der Waals surface area contributed by atoms with Gasteiger partial charge in [0.2, 0.25) is 0 Å². The minimum Gasteiger partial charge on any atom is -0.375 e. The normalized spacial score (nSPS) is 19.7. The lowest BCUT2D eigenvalue weighted by Crippen LogP contribution is -2.41. The summed E-state index contributed by atoms with van der Waals surface area (Å²) < 4.78 is 0. The molecule has 0 spiro atoms. The molecule has 24 heavy (non-hydrogen) atoms.